The van der Waals surface area contributed by atoms with E-state index in [1.165, 1.54) is 0 Å². The Balaban J connectivity index is 3.10. The lowest BCUT2D eigenvalue weighted by molar-refractivity contribution is 0.433. The molecule has 1 fully saturated rings. The zero-order valence-electron chi connectivity index (χ0n) is 16.4. The molecule has 5 unspecified atom stereocenters. The van der Waals surface area contributed by atoms with Crippen LogP contribution in [0.3, 0.4) is 0 Å². The van der Waals surface area contributed by atoms with Gasteiger partial charge in [-0.25, -0.2) is 0 Å². The highest BCUT2D eigenvalue weighted by Gasteiger charge is 2.55. The third kappa shape index (κ3) is 4.01. The van der Waals surface area contributed by atoms with E-state index in [4.69, 9.17) is 0 Å². The Morgan fingerprint density at radius 2 is 1.10 bits per heavy atom. The fraction of sp³-hybridized carbons (Fsp3) is 1.00. The van der Waals surface area contributed by atoms with Crippen LogP contribution in [0, 0.1) is 17.8 Å². The summed E-state index contributed by atoms with van der Waals surface area (Å²) in [5.74, 6) is 2.51. The average Bonchev–Trinajstić information content (AvgIpc) is 2.47. The van der Waals surface area contributed by atoms with Crippen LogP contribution >= 0.6 is 0 Å². The van der Waals surface area contributed by atoms with Gasteiger partial charge in [-0.2, -0.15) is 0 Å². The molecular formula is C17H40N2Si2. The Hall–Kier alpha value is 0.354. The van der Waals surface area contributed by atoms with Crippen LogP contribution in [0.5, 0.6) is 0 Å². The van der Waals surface area contributed by atoms with Gasteiger partial charge in [0.05, 0.1) is 0 Å². The quantitative estimate of drug-likeness (QED) is 0.733. The molecule has 2 N–H and O–H groups in total. The summed E-state index contributed by atoms with van der Waals surface area (Å²) in [5.41, 5.74) is 1.99. The van der Waals surface area contributed by atoms with E-state index in [1.807, 2.05) is 0 Å². The van der Waals surface area contributed by atoms with Crippen LogP contribution in [0.15, 0.2) is 0 Å². The van der Waals surface area contributed by atoms with Crippen molar-refractivity contribution < 1.29 is 0 Å². The second-order valence-electron chi connectivity index (χ2n) is 9.70. The summed E-state index contributed by atoms with van der Waals surface area (Å²) in [6, 6.07) is 0. The van der Waals surface area contributed by atoms with Crippen molar-refractivity contribution in [1.82, 2.24) is 9.96 Å². The second kappa shape index (κ2) is 6.10. The maximum atomic E-state index is 4.04. The van der Waals surface area contributed by atoms with Gasteiger partial charge >= 0.3 is 0 Å². The second-order valence-corrected chi connectivity index (χ2v) is 18.7. The van der Waals surface area contributed by atoms with Gasteiger partial charge in [0.15, 0.2) is 0 Å². The van der Waals surface area contributed by atoms with E-state index in [0.717, 1.165) is 28.8 Å². The van der Waals surface area contributed by atoms with Crippen molar-refractivity contribution in [2.75, 3.05) is 7.05 Å². The third-order valence-corrected chi connectivity index (χ3v) is 14.2. The van der Waals surface area contributed by atoms with Gasteiger partial charge in [0.2, 0.25) is 0 Å². The van der Waals surface area contributed by atoms with Crippen molar-refractivity contribution in [1.29, 1.82) is 0 Å². The molecule has 5 atom stereocenters. The number of hydrogen-bond acceptors (Lipinski definition) is 2. The summed E-state index contributed by atoms with van der Waals surface area (Å²) in [6.07, 6.45) is 0. The van der Waals surface area contributed by atoms with Crippen molar-refractivity contribution in [2.45, 2.75) is 84.4 Å². The molecule has 21 heavy (non-hydrogen) atoms. The number of rotatable bonds is 4. The molecule has 0 amide bonds. The van der Waals surface area contributed by atoms with Gasteiger partial charge in [-0.1, -0.05) is 47.0 Å². The molecule has 0 aromatic rings. The highest BCUT2D eigenvalue weighted by atomic mass is 28.3. The first-order valence-corrected chi connectivity index (χ1v) is 14.9. The minimum Gasteiger partial charge on any atom is -0.340 e. The van der Waals surface area contributed by atoms with E-state index in [0.29, 0.717) is 0 Å². The molecule has 1 rings (SSSR count). The minimum absolute atomic E-state index is 0.229. The first-order chi connectivity index (χ1) is 9.24. The molecule has 1 saturated carbocycles. The normalized spacial score (nSPS) is 35.3. The Kier molecular flexibility index (Phi) is 5.64. The fourth-order valence-electron chi connectivity index (χ4n) is 5.68. The maximum Gasteiger partial charge on any atom is 0.123 e. The summed E-state index contributed by atoms with van der Waals surface area (Å²) in [4.78, 5) is 7.76. The van der Waals surface area contributed by atoms with Crippen LogP contribution < -0.4 is 9.96 Å². The minimum atomic E-state index is -1.46. The van der Waals surface area contributed by atoms with Crippen LogP contribution in [-0.2, 0) is 0 Å². The van der Waals surface area contributed by atoms with E-state index in [2.05, 4.69) is 84.7 Å². The number of nitrogens with one attached hydrogen (secondary N) is 2. The van der Waals surface area contributed by atoms with Crippen molar-refractivity contribution in [3.8, 4) is 0 Å². The van der Waals surface area contributed by atoms with Gasteiger partial charge in [0, 0.05) is 5.54 Å². The van der Waals surface area contributed by atoms with Gasteiger partial charge in [0.1, 0.15) is 16.5 Å². The topological polar surface area (TPSA) is 24.1 Å². The van der Waals surface area contributed by atoms with E-state index in [9.17, 15) is 0 Å². The van der Waals surface area contributed by atoms with Crippen LogP contribution in [0.25, 0.3) is 0 Å². The first-order valence-electron chi connectivity index (χ1n) is 8.73. The van der Waals surface area contributed by atoms with Gasteiger partial charge in [-0.05, 0) is 56.7 Å². The molecule has 126 valence electrons. The van der Waals surface area contributed by atoms with Gasteiger partial charge < -0.3 is 9.96 Å². The highest BCUT2D eigenvalue weighted by Crippen LogP contribution is 2.58. The molecule has 1 aliphatic rings. The van der Waals surface area contributed by atoms with Crippen molar-refractivity contribution in [2.24, 2.45) is 17.8 Å². The molecule has 0 saturated heterocycles. The molecule has 0 bridgehead atoms. The lowest BCUT2D eigenvalue weighted by Crippen LogP contribution is -2.59. The van der Waals surface area contributed by atoms with Crippen LogP contribution in [0.4, 0.5) is 0 Å². The smallest absolute Gasteiger partial charge is 0.123 e. The SMILES string of the molecule is CN[Si](C)(C)C1C(C)C(C)C([Si](C)(C)NC(C)(C)C)C1C. The van der Waals surface area contributed by atoms with Crippen LogP contribution in [0.1, 0.15) is 41.5 Å². The summed E-state index contributed by atoms with van der Waals surface area (Å²) in [5, 5.41) is 0. The van der Waals surface area contributed by atoms with E-state index >= 15 is 0 Å². The molecule has 0 aromatic carbocycles. The molecule has 1 aliphatic carbocycles. The molecule has 0 spiro atoms. The molecule has 0 heterocycles. The van der Waals surface area contributed by atoms with Crippen LogP contribution in [0.2, 0.25) is 37.3 Å². The molecular weight excluding hydrogens is 288 g/mol. The standard InChI is InChI=1S/C17H40N2Si2/c1-12-13(2)16(21(10,11)19-17(4,5)6)14(3)15(12)20(8,9)18-7/h12-16,18-19H,1-11H3. The maximum absolute atomic E-state index is 4.04. The van der Waals surface area contributed by atoms with Crippen LogP contribution in [-0.4, -0.2) is 29.1 Å². The Labute approximate surface area is 136 Å². The van der Waals surface area contributed by atoms with Gasteiger partial charge in [-0.15, -0.1) is 0 Å². The monoisotopic (exact) mass is 328 g/mol. The molecule has 2 nitrogen and oxygen atoms in total. The van der Waals surface area contributed by atoms with Crippen molar-refractivity contribution in [3.05, 3.63) is 0 Å². The van der Waals surface area contributed by atoms with E-state index in [-0.39, 0.29) is 5.54 Å². The summed E-state index contributed by atoms with van der Waals surface area (Å²) >= 11 is 0. The molecule has 0 aliphatic heterocycles. The first kappa shape index (κ1) is 19.4. The van der Waals surface area contributed by atoms with Gasteiger partial charge in [0.25, 0.3) is 0 Å². The van der Waals surface area contributed by atoms with Crippen molar-refractivity contribution in [3.63, 3.8) is 0 Å². The number of hydrogen-bond donors (Lipinski definition) is 2. The zero-order chi connectivity index (χ0) is 16.8. The Morgan fingerprint density at radius 1 is 0.714 bits per heavy atom. The largest absolute Gasteiger partial charge is 0.340 e. The van der Waals surface area contributed by atoms with Gasteiger partial charge in [-0.3, -0.25) is 0 Å². The molecule has 4 heteroatoms. The highest BCUT2D eigenvalue weighted by molar-refractivity contribution is 6.78. The van der Waals surface area contributed by atoms with E-state index in [1.54, 1.807) is 0 Å². The fourth-order valence-corrected chi connectivity index (χ4v) is 14.6. The Bertz CT molecular complexity index is 360. The van der Waals surface area contributed by atoms with E-state index < -0.39 is 16.5 Å². The van der Waals surface area contributed by atoms with Crippen molar-refractivity contribution >= 4 is 16.5 Å². The molecule has 0 radical (unpaired) electrons. The third-order valence-electron chi connectivity index (χ3n) is 6.10. The zero-order valence-corrected chi connectivity index (χ0v) is 18.4. The predicted molar refractivity (Wildman–Crippen MR) is 102 cm³/mol. The average molecular weight is 329 g/mol. The lowest BCUT2D eigenvalue weighted by Gasteiger charge is -2.42. The molecule has 0 aromatic heterocycles. The lowest BCUT2D eigenvalue weighted by atomic mass is 10.0. The Morgan fingerprint density at radius 3 is 1.43 bits per heavy atom. The predicted octanol–water partition coefficient (Wildman–Crippen LogP) is 4.67. The summed E-state index contributed by atoms with van der Waals surface area (Å²) in [6.45, 7) is 24.7. The summed E-state index contributed by atoms with van der Waals surface area (Å²) < 4.78 is 0. The summed E-state index contributed by atoms with van der Waals surface area (Å²) in [7, 11) is -0.629.